The first-order valence-corrected chi connectivity index (χ1v) is 5.77. The van der Waals surface area contributed by atoms with Crippen LogP contribution >= 0.6 is 0 Å². The monoisotopic (exact) mass is 218 g/mol. The van der Waals surface area contributed by atoms with Gasteiger partial charge < -0.3 is 10.6 Å². The molecule has 0 aromatic heterocycles. The van der Waals surface area contributed by atoms with Crippen LogP contribution in [0.3, 0.4) is 0 Å². The van der Waals surface area contributed by atoms with Crippen molar-refractivity contribution in [3.63, 3.8) is 0 Å². The molecule has 0 spiro atoms. The third-order valence-electron chi connectivity index (χ3n) is 3.33. The zero-order valence-electron chi connectivity index (χ0n) is 9.60. The molecule has 2 rings (SSSR count). The van der Waals surface area contributed by atoms with E-state index in [9.17, 15) is 4.79 Å². The minimum absolute atomic E-state index is 0.139. The summed E-state index contributed by atoms with van der Waals surface area (Å²) in [6.45, 7) is 2.83. The number of benzene rings is 1. The van der Waals surface area contributed by atoms with E-state index < -0.39 is 0 Å². The molecule has 0 saturated carbocycles. The molecule has 2 atom stereocenters. The van der Waals surface area contributed by atoms with Crippen LogP contribution in [0.1, 0.15) is 18.9 Å². The largest absolute Gasteiger partial charge is 0.338 e. The van der Waals surface area contributed by atoms with Crippen molar-refractivity contribution in [1.29, 1.82) is 0 Å². The summed E-state index contributed by atoms with van der Waals surface area (Å²) in [6, 6.07) is 10.2. The highest BCUT2D eigenvalue weighted by molar-refractivity contribution is 5.79. The van der Waals surface area contributed by atoms with Gasteiger partial charge in [-0.1, -0.05) is 30.3 Å². The molecule has 1 aliphatic heterocycles. The number of amides is 1. The van der Waals surface area contributed by atoms with Crippen molar-refractivity contribution in [3.05, 3.63) is 35.9 Å². The molecule has 1 heterocycles. The number of nitrogens with two attached hydrogens (primary N) is 1. The molecule has 1 fully saturated rings. The minimum Gasteiger partial charge on any atom is -0.338 e. The van der Waals surface area contributed by atoms with Crippen molar-refractivity contribution in [3.8, 4) is 0 Å². The molecule has 1 aromatic rings. The van der Waals surface area contributed by atoms with Crippen LogP contribution in [0.2, 0.25) is 0 Å². The summed E-state index contributed by atoms with van der Waals surface area (Å²) in [7, 11) is 0. The summed E-state index contributed by atoms with van der Waals surface area (Å²) < 4.78 is 0. The fourth-order valence-electron chi connectivity index (χ4n) is 2.19. The average molecular weight is 218 g/mol. The number of hydrogen-bond donors (Lipinski definition) is 1. The molecule has 3 nitrogen and oxygen atoms in total. The quantitative estimate of drug-likeness (QED) is 0.810. The van der Waals surface area contributed by atoms with Gasteiger partial charge in [-0.15, -0.1) is 0 Å². The number of nitrogens with zero attached hydrogens (tertiary/aromatic N) is 1. The maximum atomic E-state index is 12.0. The predicted octanol–water partition coefficient (Wildman–Crippen LogP) is 1.18. The van der Waals surface area contributed by atoms with Crippen LogP contribution < -0.4 is 5.73 Å². The Kier molecular flexibility index (Phi) is 3.25. The van der Waals surface area contributed by atoms with Gasteiger partial charge in [0.1, 0.15) is 0 Å². The lowest BCUT2D eigenvalue weighted by Gasteiger charge is -2.23. The van der Waals surface area contributed by atoms with E-state index >= 15 is 0 Å². The Labute approximate surface area is 96.2 Å². The first-order chi connectivity index (χ1) is 7.68. The Morgan fingerprint density at radius 3 is 2.69 bits per heavy atom. The zero-order chi connectivity index (χ0) is 11.5. The van der Waals surface area contributed by atoms with E-state index in [-0.39, 0.29) is 18.0 Å². The molecular formula is C13H18N2O. The summed E-state index contributed by atoms with van der Waals surface area (Å²) in [6.07, 6.45) is 1.40. The summed E-state index contributed by atoms with van der Waals surface area (Å²) >= 11 is 0. The SMILES string of the molecule is CC1C(N)CCN1C(=O)Cc1ccccc1. The van der Waals surface area contributed by atoms with Crippen molar-refractivity contribution in [2.75, 3.05) is 6.54 Å². The molecule has 86 valence electrons. The topological polar surface area (TPSA) is 46.3 Å². The maximum absolute atomic E-state index is 12.0. The third-order valence-corrected chi connectivity index (χ3v) is 3.33. The fraction of sp³-hybridized carbons (Fsp3) is 0.462. The van der Waals surface area contributed by atoms with E-state index in [0.29, 0.717) is 6.42 Å². The van der Waals surface area contributed by atoms with E-state index in [1.165, 1.54) is 0 Å². The van der Waals surface area contributed by atoms with Crippen LogP contribution in [0.5, 0.6) is 0 Å². The van der Waals surface area contributed by atoms with Crippen LogP contribution in [0.25, 0.3) is 0 Å². The van der Waals surface area contributed by atoms with Gasteiger partial charge >= 0.3 is 0 Å². The van der Waals surface area contributed by atoms with Crippen LogP contribution in [0.4, 0.5) is 0 Å². The Hall–Kier alpha value is -1.35. The Bertz CT molecular complexity index is 363. The van der Waals surface area contributed by atoms with E-state index in [2.05, 4.69) is 0 Å². The van der Waals surface area contributed by atoms with Crippen molar-refractivity contribution >= 4 is 5.91 Å². The number of likely N-dealkylation sites (tertiary alicyclic amines) is 1. The molecule has 1 saturated heterocycles. The highest BCUT2D eigenvalue weighted by Crippen LogP contribution is 2.17. The highest BCUT2D eigenvalue weighted by atomic mass is 16.2. The lowest BCUT2D eigenvalue weighted by Crippen LogP contribution is -2.41. The molecule has 1 aromatic carbocycles. The van der Waals surface area contributed by atoms with Gasteiger partial charge in [0.25, 0.3) is 0 Å². The smallest absolute Gasteiger partial charge is 0.227 e. The van der Waals surface area contributed by atoms with E-state index in [1.807, 2.05) is 42.2 Å². The lowest BCUT2D eigenvalue weighted by molar-refractivity contribution is -0.131. The normalized spacial score (nSPS) is 24.8. The number of carbonyl (C=O) groups excluding carboxylic acids is 1. The average Bonchev–Trinajstić information content (AvgIpc) is 2.61. The van der Waals surface area contributed by atoms with Crippen LogP contribution in [-0.2, 0) is 11.2 Å². The predicted molar refractivity (Wildman–Crippen MR) is 63.9 cm³/mol. The molecule has 16 heavy (non-hydrogen) atoms. The second kappa shape index (κ2) is 4.66. The molecule has 0 aliphatic carbocycles. The molecule has 2 N–H and O–H groups in total. The van der Waals surface area contributed by atoms with Gasteiger partial charge in [-0.3, -0.25) is 4.79 Å². The molecule has 3 heteroatoms. The van der Waals surface area contributed by atoms with Crippen LogP contribution in [0.15, 0.2) is 30.3 Å². The molecule has 0 radical (unpaired) electrons. The van der Waals surface area contributed by atoms with E-state index in [1.54, 1.807) is 0 Å². The second-order valence-corrected chi connectivity index (χ2v) is 4.44. The molecule has 1 aliphatic rings. The molecule has 2 unspecified atom stereocenters. The number of hydrogen-bond acceptors (Lipinski definition) is 2. The fourth-order valence-corrected chi connectivity index (χ4v) is 2.19. The van der Waals surface area contributed by atoms with E-state index in [0.717, 1.165) is 18.5 Å². The van der Waals surface area contributed by atoms with Gasteiger partial charge in [0.05, 0.1) is 6.42 Å². The van der Waals surface area contributed by atoms with Gasteiger partial charge in [-0.25, -0.2) is 0 Å². The standard InChI is InChI=1S/C13H18N2O/c1-10-12(14)7-8-15(10)13(16)9-11-5-3-2-4-6-11/h2-6,10,12H,7-9,14H2,1H3. The number of rotatable bonds is 2. The van der Waals surface area contributed by atoms with Crippen molar-refractivity contribution in [2.45, 2.75) is 31.8 Å². The molecule has 1 amide bonds. The Morgan fingerprint density at radius 1 is 1.44 bits per heavy atom. The Balaban J connectivity index is 1.99. The first-order valence-electron chi connectivity index (χ1n) is 5.77. The number of carbonyl (C=O) groups is 1. The Morgan fingerprint density at radius 2 is 2.12 bits per heavy atom. The second-order valence-electron chi connectivity index (χ2n) is 4.44. The van der Waals surface area contributed by atoms with Crippen molar-refractivity contribution in [1.82, 2.24) is 4.90 Å². The first kappa shape index (κ1) is 11.1. The van der Waals surface area contributed by atoms with Gasteiger partial charge in [-0.2, -0.15) is 0 Å². The van der Waals surface area contributed by atoms with Gasteiger partial charge in [0.15, 0.2) is 0 Å². The molecular weight excluding hydrogens is 200 g/mol. The highest BCUT2D eigenvalue weighted by Gasteiger charge is 2.30. The van der Waals surface area contributed by atoms with E-state index in [4.69, 9.17) is 5.73 Å². The minimum atomic E-state index is 0.139. The van der Waals surface area contributed by atoms with Gasteiger partial charge in [-0.05, 0) is 18.9 Å². The van der Waals surface area contributed by atoms with Crippen molar-refractivity contribution < 1.29 is 4.79 Å². The van der Waals surface area contributed by atoms with Crippen molar-refractivity contribution in [2.24, 2.45) is 5.73 Å². The van der Waals surface area contributed by atoms with Crippen LogP contribution in [0, 0.1) is 0 Å². The summed E-state index contributed by atoms with van der Waals surface area (Å²) in [4.78, 5) is 13.9. The zero-order valence-corrected chi connectivity index (χ0v) is 9.60. The van der Waals surface area contributed by atoms with Gasteiger partial charge in [0, 0.05) is 18.6 Å². The van der Waals surface area contributed by atoms with Gasteiger partial charge in [0.2, 0.25) is 5.91 Å². The summed E-state index contributed by atoms with van der Waals surface area (Å²) in [5, 5.41) is 0. The maximum Gasteiger partial charge on any atom is 0.227 e. The lowest BCUT2D eigenvalue weighted by atomic mass is 10.1. The van der Waals surface area contributed by atoms with Crippen LogP contribution in [-0.4, -0.2) is 29.4 Å². The summed E-state index contributed by atoms with van der Waals surface area (Å²) in [5.41, 5.74) is 6.98. The molecule has 0 bridgehead atoms. The summed E-state index contributed by atoms with van der Waals surface area (Å²) in [5.74, 6) is 0.187. The third kappa shape index (κ3) is 2.25.